The quantitative estimate of drug-likeness (QED) is 0.0651. The first kappa shape index (κ1) is 70.3. The van der Waals surface area contributed by atoms with Crippen LogP contribution in [0.4, 0.5) is 0 Å². The monoisotopic (exact) mass is 1500 g/mol. The van der Waals surface area contributed by atoms with Gasteiger partial charge in [-0.15, -0.1) is 0 Å². The number of hydrogen-bond donors (Lipinski definition) is 8. The molecule has 0 unspecified atom stereocenters. The number of halogens is 2. The molecule has 16 rings (SSSR count). The summed E-state index contributed by atoms with van der Waals surface area (Å²) in [7, 11) is 0. The summed E-state index contributed by atoms with van der Waals surface area (Å²) in [4.78, 5) is 30.1. The molecule has 0 bridgehead atoms. The Morgan fingerprint density at radius 3 is 0.673 bits per heavy atom. The van der Waals surface area contributed by atoms with Crippen LogP contribution in [0.1, 0.15) is 48.4 Å². The minimum Gasteiger partial charge on any atom is -0.507 e. The van der Waals surface area contributed by atoms with Crippen molar-refractivity contribution in [3.63, 3.8) is 0 Å². The maximum absolute atomic E-state index is 13.4. The van der Waals surface area contributed by atoms with E-state index in [1.165, 1.54) is 0 Å². The summed E-state index contributed by atoms with van der Waals surface area (Å²) >= 11 is 6.86. The van der Waals surface area contributed by atoms with Gasteiger partial charge in [0, 0.05) is 70.7 Å². The maximum atomic E-state index is 13.4. The van der Waals surface area contributed by atoms with E-state index in [9.17, 15) is 50.4 Å². The molecular weight excluding hydrogens is 1430 g/mol. The third kappa shape index (κ3) is 13.2. The fourth-order valence-corrected chi connectivity index (χ4v) is 15.0. The maximum Gasteiger partial charge on any atom is 0.257 e. The normalized spacial score (nSPS) is 11.1. The molecule has 0 saturated heterocycles. The van der Waals surface area contributed by atoms with E-state index in [-0.39, 0.29) is 68.9 Å². The Bertz CT molecular complexity index is 5500. The van der Waals surface area contributed by atoms with E-state index in [1.54, 1.807) is 46.2 Å². The SMILES string of the molecule is CCN(CC)C(=O)c1cc2ccccc2c(-c2c(O)c(C(=O)N(CC)CC)cc3ccccc23)c1O.Oc1c(Br)cc2ccccc2c1-c1c(O)c(Br)cc2ccccc12.Oc1ccc2ccccc2c1-c1c(O)ccc2ccccc12.Oc1ccc2ccccc2c1-c1c(O)ccc2ccccc12. The molecule has 16 aromatic carbocycles. The van der Waals surface area contributed by atoms with E-state index in [4.69, 9.17) is 0 Å². The van der Waals surface area contributed by atoms with Crippen molar-refractivity contribution in [3.05, 3.63) is 287 Å². The Morgan fingerprint density at radius 2 is 0.442 bits per heavy atom. The van der Waals surface area contributed by atoms with E-state index in [0.29, 0.717) is 90.4 Å². The second-order valence-corrected chi connectivity index (χ2v) is 26.7. The van der Waals surface area contributed by atoms with E-state index in [0.717, 1.165) is 75.4 Å². The van der Waals surface area contributed by atoms with Crippen LogP contribution in [0.25, 0.3) is 131 Å². The van der Waals surface area contributed by atoms with Gasteiger partial charge in [-0.3, -0.25) is 9.59 Å². The van der Waals surface area contributed by atoms with Crippen LogP contribution >= 0.6 is 31.9 Å². The van der Waals surface area contributed by atoms with Crippen LogP contribution in [0.5, 0.6) is 46.0 Å². The van der Waals surface area contributed by atoms with E-state index in [2.05, 4.69) is 31.9 Å². The summed E-state index contributed by atoms with van der Waals surface area (Å²) < 4.78 is 1.19. The Hall–Kier alpha value is -12.1. The van der Waals surface area contributed by atoms with Crippen molar-refractivity contribution in [2.75, 3.05) is 26.2 Å². The van der Waals surface area contributed by atoms with Crippen molar-refractivity contribution in [3.8, 4) is 90.5 Å². The first-order chi connectivity index (χ1) is 50.5. The van der Waals surface area contributed by atoms with Gasteiger partial charge < -0.3 is 50.7 Å². The van der Waals surface area contributed by atoms with Gasteiger partial charge in [-0.25, -0.2) is 0 Å². The largest absolute Gasteiger partial charge is 0.507 e. The lowest BCUT2D eigenvalue weighted by Crippen LogP contribution is -2.30. The zero-order valence-electron chi connectivity index (χ0n) is 57.3. The van der Waals surface area contributed by atoms with Gasteiger partial charge in [0.2, 0.25) is 0 Å². The number of carbonyl (C=O) groups is 2. The first-order valence-corrected chi connectivity index (χ1v) is 35.8. The Balaban J connectivity index is 0.000000126. The lowest BCUT2D eigenvalue weighted by Gasteiger charge is -2.23. The number of hydrogen-bond acceptors (Lipinski definition) is 10. The number of phenols is 8. The molecule has 516 valence electrons. The highest BCUT2D eigenvalue weighted by atomic mass is 79.9. The first-order valence-electron chi connectivity index (χ1n) is 34.2. The molecule has 0 aromatic heterocycles. The number of fused-ring (bicyclic) bond motifs is 8. The fraction of sp³-hybridized carbons (Fsp3) is 0.0889. The number of nitrogens with zero attached hydrogens (tertiary/aromatic N) is 2. The summed E-state index contributed by atoms with van der Waals surface area (Å²) in [6.07, 6.45) is 0. The fourth-order valence-electron chi connectivity index (χ4n) is 14.1. The van der Waals surface area contributed by atoms with E-state index < -0.39 is 0 Å². The standard InChI is InChI=1S/C30H32N2O4.C20H12Br2O2.2C20H14O2/c1-5-31(6-2)29(35)23-17-19-13-9-11-15-21(19)25(27(23)33)26-22-16-12-10-14-20(22)18-24(28(26)34)30(36)32(7-3)8-4;21-15-9-11-5-1-3-7-13(11)17(19(15)23)18-14-8-4-2-6-12(14)10-16(22)20(18)24;2*21-17-11-9-13-5-1-3-7-15(13)19(17)20-16-8-4-2-6-14(16)10-12-18(20)22/h9-18,33-34H,5-8H2,1-4H3;1-10,23-24H;2*1-12,21-22H. The third-order valence-corrected chi connectivity index (χ3v) is 20.4. The molecule has 0 aliphatic rings. The van der Waals surface area contributed by atoms with Gasteiger partial charge in [-0.2, -0.15) is 0 Å². The highest BCUT2D eigenvalue weighted by molar-refractivity contribution is 9.11. The molecule has 104 heavy (non-hydrogen) atoms. The van der Waals surface area contributed by atoms with Crippen molar-refractivity contribution < 1.29 is 50.4 Å². The van der Waals surface area contributed by atoms with Gasteiger partial charge >= 0.3 is 0 Å². The van der Waals surface area contributed by atoms with Crippen molar-refractivity contribution in [2.45, 2.75) is 27.7 Å². The van der Waals surface area contributed by atoms with Gasteiger partial charge in [-0.1, -0.05) is 218 Å². The topological polar surface area (TPSA) is 202 Å². The van der Waals surface area contributed by atoms with Gasteiger partial charge in [0.15, 0.2) is 0 Å². The molecule has 0 radical (unpaired) electrons. The summed E-state index contributed by atoms with van der Waals surface area (Å²) in [6, 6.07) is 83.4. The zero-order chi connectivity index (χ0) is 73.0. The third-order valence-electron chi connectivity index (χ3n) is 19.2. The molecule has 14 heteroatoms. The average Bonchev–Trinajstić information content (AvgIpc) is 0.738. The van der Waals surface area contributed by atoms with Crippen molar-refractivity contribution in [1.82, 2.24) is 9.80 Å². The van der Waals surface area contributed by atoms with Gasteiger partial charge in [-0.05, 0) is 194 Å². The number of rotatable bonds is 10. The molecule has 0 heterocycles. The van der Waals surface area contributed by atoms with Gasteiger partial charge in [0.1, 0.15) is 46.0 Å². The molecule has 0 fully saturated rings. The van der Waals surface area contributed by atoms with E-state index >= 15 is 0 Å². The van der Waals surface area contributed by atoms with Crippen LogP contribution in [0.2, 0.25) is 0 Å². The van der Waals surface area contributed by atoms with Crippen LogP contribution < -0.4 is 0 Å². The number of aromatic hydroxyl groups is 8. The molecular formula is C90H72Br2N2O10. The van der Waals surface area contributed by atoms with E-state index in [1.807, 2.05) is 258 Å². The Labute approximate surface area is 617 Å². The number of carbonyl (C=O) groups excluding carboxylic acids is 2. The van der Waals surface area contributed by atoms with Crippen LogP contribution in [-0.4, -0.2) is 88.6 Å². The minimum atomic E-state index is -0.288. The predicted molar refractivity (Wildman–Crippen MR) is 431 cm³/mol. The highest BCUT2D eigenvalue weighted by Crippen LogP contribution is 2.52. The van der Waals surface area contributed by atoms with Gasteiger partial charge in [0.05, 0.1) is 20.1 Å². The highest BCUT2D eigenvalue weighted by Gasteiger charge is 2.29. The number of amides is 2. The zero-order valence-corrected chi connectivity index (χ0v) is 60.4. The molecule has 0 atom stereocenters. The smallest absolute Gasteiger partial charge is 0.257 e. The Kier molecular flexibility index (Phi) is 20.4. The minimum absolute atomic E-state index is 0.118. The molecule has 12 nitrogen and oxygen atoms in total. The Morgan fingerprint density at radius 1 is 0.250 bits per heavy atom. The van der Waals surface area contributed by atoms with Crippen LogP contribution in [0.15, 0.2) is 276 Å². The van der Waals surface area contributed by atoms with Gasteiger partial charge in [0.25, 0.3) is 11.8 Å². The van der Waals surface area contributed by atoms with Crippen molar-refractivity contribution in [2.24, 2.45) is 0 Å². The number of benzene rings is 16. The molecule has 0 spiro atoms. The van der Waals surface area contributed by atoms with Crippen LogP contribution in [0.3, 0.4) is 0 Å². The molecule has 2 amide bonds. The molecule has 0 aliphatic carbocycles. The lowest BCUT2D eigenvalue weighted by molar-refractivity contribution is 0.0761. The van der Waals surface area contributed by atoms with Crippen LogP contribution in [0, 0.1) is 0 Å². The molecule has 0 saturated carbocycles. The molecule has 8 N–H and O–H groups in total. The molecule has 0 aliphatic heterocycles. The summed E-state index contributed by atoms with van der Waals surface area (Å²) in [5, 5.41) is 101. The second kappa shape index (κ2) is 30.2. The van der Waals surface area contributed by atoms with Crippen LogP contribution in [-0.2, 0) is 0 Å². The number of phenolic OH excluding ortho intramolecular Hbond substituents is 8. The molecule has 16 aromatic rings. The summed E-state index contributed by atoms with van der Waals surface area (Å²) in [5.74, 6) is -0.0739. The lowest BCUT2D eigenvalue weighted by atomic mass is 9.88. The average molecular weight is 1500 g/mol. The summed E-state index contributed by atoms with van der Waals surface area (Å²) in [6.45, 7) is 9.56. The van der Waals surface area contributed by atoms with Crippen molar-refractivity contribution >= 4 is 130 Å². The second-order valence-electron chi connectivity index (χ2n) is 25.0. The predicted octanol–water partition coefficient (Wildman–Crippen LogP) is 22.8. The van der Waals surface area contributed by atoms with Crippen molar-refractivity contribution in [1.29, 1.82) is 0 Å². The summed E-state index contributed by atoms with van der Waals surface area (Å²) in [5.41, 5.74) is 4.94.